The molecular weight excluding hydrogens is 460 g/mol. The summed E-state index contributed by atoms with van der Waals surface area (Å²) >= 11 is 1.43. The van der Waals surface area contributed by atoms with Gasteiger partial charge in [0.05, 0.1) is 5.03 Å². The second-order valence-electron chi connectivity index (χ2n) is 8.61. The molecule has 0 aliphatic carbocycles. The van der Waals surface area contributed by atoms with Gasteiger partial charge < -0.3 is 19.7 Å². The average Bonchev–Trinajstić information content (AvgIpc) is 3.10. The van der Waals surface area contributed by atoms with Gasteiger partial charge in [-0.1, -0.05) is 33.3 Å². The van der Waals surface area contributed by atoms with Crippen LogP contribution >= 0.6 is 11.8 Å². The molecule has 7 nitrogen and oxygen atoms in total. The highest BCUT2D eigenvalue weighted by Gasteiger charge is 2.22. The number of allylic oxidation sites excluding steroid dienone is 3. The van der Waals surface area contributed by atoms with Crippen LogP contribution in [0.4, 0.5) is 4.79 Å². The van der Waals surface area contributed by atoms with E-state index in [4.69, 9.17) is 9.47 Å². The Morgan fingerprint density at radius 1 is 1.26 bits per heavy atom. The fourth-order valence-electron chi connectivity index (χ4n) is 3.41. The fourth-order valence-corrected chi connectivity index (χ4v) is 4.09. The standard InChI is InChI=1S/C22H34N4O2S.C5H12O/c1-5-12-23-22(27)26-13-10-20(11-14-26)16-24-17(3)28-18(4)29-21-9-7-8-19(6-2)15-25-21;1-3-4-5-6-2/h8-9,15,20H,4-7,10-14,16H2,1-3H3,(H,23,27);3-5H2,1-2H3. The lowest BCUT2D eigenvalue weighted by atomic mass is 9.97. The Hall–Kier alpha value is -2.06. The van der Waals surface area contributed by atoms with Gasteiger partial charge >= 0.3 is 6.03 Å². The number of likely N-dealkylation sites (tertiary alicyclic amines) is 1. The largest absolute Gasteiger partial charge is 0.437 e. The summed E-state index contributed by atoms with van der Waals surface area (Å²) in [6.07, 6.45) is 13.4. The van der Waals surface area contributed by atoms with Gasteiger partial charge in [0.25, 0.3) is 0 Å². The Labute approximate surface area is 217 Å². The summed E-state index contributed by atoms with van der Waals surface area (Å²) in [4.78, 5) is 23.0. The number of amides is 2. The number of carbonyl (C=O) groups is 1. The first-order valence-electron chi connectivity index (χ1n) is 12.9. The van der Waals surface area contributed by atoms with E-state index >= 15 is 0 Å². The molecule has 0 saturated carbocycles. The molecule has 2 aliphatic rings. The van der Waals surface area contributed by atoms with Crippen LogP contribution in [0.2, 0.25) is 0 Å². The molecule has 1 N–H and O–H groups in total. The van der Waals surface area contributed by atoms with Crippen molar-refractivity contribution in [3.8, 4) is 0 Å². The van der Waals surface area contributed by atoms with Gasteiger partial charge in [-0.15, -0.1) is 0 Å². The van der Waals surface area contributed by atoms with Gasteiger partial charge in [0.2, 0.25) is 0 Å². The number of nitrogens with zero attached hydrogens (tertiary/aromatic N) is 3. The molecule has 0 spiro atoms. The molecule has 1 saturated heterocycles. The van der Waals surface area contributed by atoms with Gasteiger partial charge in [0.15, 0.2) is 11.0 Å². The van der Waals surface area contributed by atoms with Crippen molar-refractivity contribution < 1.29 is 14.3 Å². The van der Waals surface area contributed by atoms with E-state index in [-0.39, 0.29) is 6.03 Å². The number of unbranched alkanes of at least 4 members (excludes halogenated alkanes) is 1. The van der Waals surface area contributed by atoms with Crippen LogP contribution < -0.4 is 5.32 Å². The Kier molecular flexibility index (Phi) is 17.0. The fraction of sp³-hybridized carbons (Fsp3) is 0.667. The van der Waals surface area contributed by atoms with E-state index in [1.165, 1.54) is 30.2 Å². The van der Waals surface area contributed by atoms with E-state index in [1.807, 2.05) is 18.0 Å². The van der Waals surface area contributed by atoms with Gasteiger partial charge in [0.1, 0.15) is 0 Å². The Morgan fingerprint density at radius 3 is 2.60 bits per heavy atom. The molecule has 2 aliphatic heterocycles. The first-order valence-corrected chi connectivity index (χ1v) is 13.8. The van der Waals surface area contributed by atoms with Crippen molar-refractivity contribution in [2.45, 2.75) is 72.6 Å². The third kappa shape index (κ3) is 14.2. The summed E-state index contributed by atoms with van der Waals surface area (Å²) < 4.78 is 10.5. The van der Waals surface area contributed by atoms with E-state index in [2.05, 4.69) is 54.8 Å². The van der Waals surface area contributed by atoms with E-state index in [0.717, 1.165) is 69.9 Å². The summed E-state index contributed by atoms with van der Waals surface area (Å²) in [6, 6.07) is 0.0540. The van der Waals surface area contributed by atoms with Crippen LogP contribution in [0.3, 0.4) is 0 Å². The maximum absolute atomic E-state index is 12.0. The molecule has 8 heteroatoms. The van der Waals surface area contributed by atoms with Crippen LogP contribution in [0, 0.1) is 5.92 Å². The molecule has 0 atom stereocenters. The molecule has 35 heavy (non-hydrogen) atoms. The number of methoxy groups -OCH3 is 1. The number of piperidine rings is 1. The summed E-state index contributed by atoms with van der Waals surface area (Å²) in [5, 5.41) is 4.42. The summed E-state index contributed by atoms with van der Waals surface area (Å²) in [5.41, 5.74) is 1.25. The molecule has 2 heterocycles. The first kappa shape index (κ1) is 31.0. The predicted octanol–water partition coefficient (Wildman–Crippen LogP) is 6.54. The molecule has 1 fully saturated rings. The van der Waals surface area contributed by atoms with Crippen molar-refractivity contribution in [3.63, 3.8) is 0 Å². The van der Waals surface area contributed by atoms with Gasteiger partial charge in [-0.25, -0.2) is 9.79 Å². The van der Waals surface area contributed by atoms with Crippen LogP contribution in [0.15, 0.2) is 44.4 Å². The highest BCUT2D eigenvalue weighted by atomic mass is 32.2. The topological polar surface area (TPSA) is 75.5 Å². The smallest absolute Gasteiger partial charge is 0.317 e. The van der Waals surface area contributed by atoms with Crippen LogP contribution in [0.1, 0.15) is 72.6 Å². The van der Waals surface area contributed by atoms with Gasteiger partial charge in [-0.3, -0.25) is 4.99 Å². The lowest BCUT2D eigenvalue weighted by Crippen LogP contribution is -2.45. The molecule has 2 amide bonds. The number of urea groups is 1. The third-order valence-electron chi connectivity index (χ3n) is 5.62. The Balaban J connectivity index is 0.000000905. The van der Waals surface area contributed by atoms with E-state index < -0.39 is 0 Å². The van der Waals surface area contributed by atoms with Crippen molar-refractivity contribution in [1.82, 2.24) is 10.2 Å². The maximum atomic E-state index is 12.0. The molecule has 0 aromatic carbocycles. The molecule has 0 aromatic heterocycles. The second-order valence-corrected chi connectivity index (χ2v) is 9.69. The molecule has 0 radical (unpaired) electrons. The summed E-state index contributed by atoms with van der Waals surface area (Å²) in [7, 11) is 1.73. The molecule has 0 bridgehead atoms. The minimum atomic E-state index is 0.0540. The number of hydrogen-bond donors (Lipinski definition) is 1. The Morgan fingerprint density at radius 2 is 2.00 bits per heavy atom. The molecule has 2 rings (SSSR count). The molecule has 0 aromatic rings. The quantitative estimate of drug-likeness (QED) is 0.149. The highest BCUT2D eigenvalue weighted by molar-refractivity contribution is 8.06. The van der Waals surface area contributed by atoms with Crippen LogP contribution in [0.25, 0.3) is 0 Å². The van der Waals surface area contributed by atoms with Crippen molar-refractivity contribution in [2.75, 3.05) is 39.9 Å². The number of carbonyl (C=O) groups excluding carboxylic acids is 1. The zero-order valence-electron chi connectivity index (χ0n) is 22.5. The minimum absolute atomic E-state index is 0.0540. The first-order chi connectivity index (χ1) is 16.9. The number of nitrogens with one attached hydrogen (secondary N) is 1. The van der Waals surface area contributed by atoms with Crippen molar-refractivity contribution in [1.29, 1.82) is 0 Å². The normalized spacial score (nSPS) is 16.5. The Bertz CT molecular complexity index is 750. The number of aliphatic imine (C=N–C) groups is 2. The van der Waals surface area contributed by atoms with E-state index in [0.29, 0.717) is 16.9 Å². The van der Waals surface area contributed by atoms with Crippen molar-refractivity contribution in [2.24, 2.45) is 15.9 Å². The van der Waals surface area contributed by atoms with E-state index in [1.54, 1.807) is 7.11 Å². The lowest BCUT2D eigenvalue weighted by molar-refractivity contribution is 0.172. The molecular formula is C27H46N4O3S. The van der Waals surface area contributed by atoms with Crippen molar-refractivity contribution >= 4 is 29.9 Å². The van der Waals surface area contributed by atoms with Crippen LogP contribution in [0.5, 0.6) is 0 Å². The van der Waals surface area contributed by atoms with Crippen LogP contribution in [-0.4, -0.2) is 62.9 Å². The zero-order valence-corrected chi connectivity index (χ0v) is 23.3. The zero-order chi connectivity index (χ0) is 25.9. The monoisotopic (exact) mass is 506 g/mol. The number of ether oxygens (including phenoxy) is 2. The summed E-state index contributed by atoms with van der Waals surface area (Å²) in [6.45, 7) is 16.1. The maximum Gasteiger partial charge on any atom is 0.317 e. The van der Waals surface area contributed by atoms with Gasteiger partial charge in [-0.05, 0) is 74.4 Å². The number of rotatable bonds is 11. The van der Waals surface area contributed by atoms with E-state index in [9.17, 15) is 4.79 Å². The number of hydrogen-bond acceptors (Lipinski definition) is 6. The second kappa shape index (κ2) is 19.2. The summed E-state index contributed by atoms with van der Waals surface area (Å²) in [5.74, 6) is 1.11. The average molecular weight is 507 g/mol. The van der Waals surface area contributed by atoms with Gasteiger partial charge in [0, 0.05) is 53.0 Å². The lowest BCUT2D eigenvalue weighted by Gasteiger charge is -2.31. The minimum Gasteiger partial charge on any atom is -0.437 e. The molecule has 198 valence electrons. The SMILES string of the molecule is C=C(OC(C)=NCC1CCN(C(=O)NCCC)CC1)SC1=CCC=C(CC)C=N1.CCCCOC. The van der Waals surface area contributed by atoms with Crippen LogP contribution in [-0.2, 0) is 9.47 Å². The predicted molar refractivity (Wildman–Crippen MR) is 150 cm³/mol. The third-order valence-corrected chi connectivity index (χ3v) is 6.41. The van der Waals surface area contributed by atoms with Gasteiger partial charge in [-0.2, -0.15) is 0 Å². The highest BCUT2D eigenvalue weighted by Crippen LogP contribution is 2.28. The molecule has 0 unspecified atom stereocenters. The number of thioether (sulfide) groups is 1. The van der Waals surface area contributed by atoms with Crippen molar-refractivity contribution in [3.05, 3.63) is 34.4 Å².